The molecule has 2 amide bonds. The van der Waals surface area contributed by atoms with E-state index in [9.17, 15) is 9.59 Å². The van der Waals surface area contributed by atoms with Crippen molar-refractivity contribution in [1.29, 1.82) is 0 Å². The third-order valence-electron chi connectivity index (χ3n) is 5.77. The van der Waals surface area contributed by atoms with Gasteiger partial charge in [0.1, 0.15) is 12.4 Å². The number of aryl methyl sites for hydroxylation is 2. The first kappa shape index (κ1) is 21.6. The number of carbonyl (C=O) groups excluding carboxylic acids is 2. The highest BCUT2D eigenvalue weighted by atomic mass is 16.5. The van der Waals surface area contributed by atoms with Crippen molar-refractivity contribution in [3.05, 3.63) is 95.1 Å². The lowest BCUT2D eigenvalue weighted by atomic mass is 9.95. The Labute approximate surface area is 188 Å². The number of anilines is 1. The quantitative estimate of drug-likeness (QED) is 0.543. The molecule has 0 spiro atoms. The minimum Gasteiger partial charge on any atom is -0.492 e. The average molecular weight is 429 g/mol. The molecule has 1 heterocycles. The Morgan fingerprint density at radius 2 is 1.78 bits per heavy atom. The molecule has 0 saturated heterocycles. The van der Waals surface area contributed by atoms with E-state index in [1.54, 1.807) is 0 Å². The third-order valence-corrected chi connectivity index (χ3v) is 5.77. The maximum Gasteiger partial charge on any atom is 0.255 e. The summed E-state index contributed by atoms with van der Waals surface area (Å²) in [7, 11) is 0. The highest BCUT2D eigenvalue weighted by Crippen LogP contribution is 2.30. The van der Waals surface area contributed by atoms with Gasteiger partial charge in [0.15, 0.2) is 0 Å². The van der Waals surface area contributed by atoms with Crippen molar-refractivity contribution in [2.45, 2.75) is 26.2 Å². The standard InChI is InChI=1S/C27H28N2O3/c1-19-8-5-6-12-24(19)27(31)29-23-13-14-25-21(17-23)16-22(18-32-25)26(30)28-15-7-11-20-9-3-2-4-10-20/h2-6,8-10,12-14,17,22H,7,11,15-16,18H2,1H3,(H,28,30)(H,29,31)/t22-/m1/s1. The van der Waals surface area contributed by atoms with Crippen LogP contribution >= 0.6 is 0 Å². The van der Waals surface area contributed by atoms with E-state index in [2.05, 4.69) is 22.8 Å². The van der Waals surface area contributed by atoms with Gasteiger partial charge in [-0.05, 0) is 67.1 Å². The lowest BCUT2D eigenvalue weighted by Crippen LogP contribution is -2.37. The van der Waals surface area contributed by atoms with Gasteiger partial charge in [-0.2, -0.15) is 0 Å². The maximum atomic E-state index is 12.6. The minimum absolute atomic E-state index is 0.0121. The Bertz CT molecular complexity index is 1100. The fourth-order valence-electron chi connectivity index (χ4n) is 3.96. The zero-order chi connectivity index (χ0) is 22.3. The fraction of sp³-hybridized carbons (Fsp3) is 0.259. The molecule has 32 heavy (non-hydrogen) atoms. The van der Waals surface area contributed by atoms with Crippen LogP contribution in [-0.4, -0.2) is 25.0 Å². The predicted octanol–water partition coefficient (Wildman–Crippen LogP) is 4.55. The van der Waals surface area contributed by atoms with E-state index in [1.807, 2.05) is 67.6 Å². The molecule has 4 rings (SSSR count). The van der Waals surface area contributed by atoms with Crippen molar-refractivity contribution in [2.24, 2.45) is 5.92 Å². The second-order valence-corrected chi connectivity index (χ2v) is 8.18. The zero-order valence-corrected chi connectivity index (χ0v) is 18.3. The summed E-state index contributed by atoms with van der Waals surface area (Å²) >= 11 is 0. The van der Waals surface area contributed by atoms with Crippen molar-refractivity contribution >= 4 is 17.5 Å². The van der Waals surface area contributed by atoms with Crippen molar-refractivity contribution in [2.75, 3.05) is 18.5 Å². The summed E-state index contributed by atoms with van der Waals surface area (Å²) in [5.74, 6) is 0.402. The largest absolute Gasteiger partial charge is 0.492 e. The van der Waals surface area contributed by atoms with Gasteiger partial charge in [-0.3, -0.25) is 9.59 Å². The lowest BCUT2D eigenvalue weighted by molar-refractivity contribution is -0.126. The molecule has 1 aliphatic heterocycles. The van der Waals surface area contributed by atoms with Crippen molar-refractivity contribution < 1.29 is 14.3 Å². The Morgan fingerprint density at radius 1 is 1.00 bits per heavy atom. The molecule has 0 aliphatic carbocycles. The van der Waals surface area contributed by atoms with Gasteiger partial charge in [0.2, 0.25) is 5.91 Å². The summed E-state index contributed by atoms with van der Waals surface area (Å²) < 4.78 is 5.82. The van der Waals surface area contributed by atoms with E-state index < -0.39 is 0 Å². The number of ether oxygens (including phenoxy) is 1. The second kappa shape index (κ2) is 10.1. The van der Waals surface area contributed by atoms with Crippen LogP contribution < -0.4 is 15.4 Å². The number of nitrogens with one attached hydrogen (secondary N) is 2. The molecule has 0 fully saturated rings. The first-order valence-corrected chi connectivity index (χ1v) is 11.0. The summed E-state index contributed by atoms with van der Waals surface area (Å²) in [6.45, 7) is 2.93. The molecule has 1 aliphatic rings. The molecule has 5 heteroatoms. The van der Waals surface area contributed by atoms with Crippen LogP contribution in [0.1, 0.15) is 33.5 Å². The molecule has 0 radical (unpaired) electrons. The normalized spacial score (nSPS) is 14.7. The first-order valence-electron chi connectivity index (χ1n) is 11.0. The van der Waals surface area contributed by atoms with Gasteiger partial charge in [-0.25, -0.2) is 0 Å². The van der Waals surface area contributed by atoms with Crippen LogP contribution in [0.2, 0.25) is 0 Å². The minimum atomic E-state index is -0.235. The topological polar surface area (TPSA) is 67.4 Å². The molecule has 0 unspecified atom stereocenters. The van der Waals surface area contributed by atoms with Gasteiger partial charge in [0.25, 0.3) is 5.91 Å². The van der Waals surface area contributed by atoms with E-state index >= 15 is 0 Å². The second-order valence-electron chi connectivity index (χ2n) is 8.18. The van der Waals surface area contributed by atoms with E-state index in [0.717, 1.165) is 29.7 Å². The first-order chi connectivity index (χ1) is 15.6. The molecule has 0 saturated carbocycles. The van der Waals surface area contributed by atoms with Crippen molar-refractivity contribution in [3.8, 4) is 5.75 Å². The number of amides is 2. The highest BCUT2D eigenvalue weighted by Gasteiger charge is 2.26. The van der Waals surface area contributed by atoms with Crippen LogP contribution in [0.3, 0.4) is 0 Å². The predicted molar refractivity (Wildman–Crippen MR) is 126 cm³/mol. The SMILES string of the molecule is Cc1ccccc1C(=O)Nc1ccc2c(c1)C[C@@H](C(=O)NCCCc1ccccc1)CO2. The Hall–Kier alpha value is -3.60. The summed E-state index contributed by atoms with van der Waals surface area (Å²) in [5.41, 5.74) is 4.48. The van der Waals surface area contributed by atoms with Crippen LogP contribution in [0.15, 0.2) is 72.8 Å². The number of rotatable bonds is 7. The van der Waals surface area contributed by atoms with E-state index in [4.69, 9.17) is 4.74 Å². The van der Waals surface area contributed by atoms with E-state index in [-0.39, 0.29) is 17.7 Å². The molecule has 0 bridgehead atoms. The smallest absolute Gasteiger partial charge is 0.255 e. The number of carbonyl (C=O) groups is 2. The van der Waals surface area contributed by atoms with Crippen LogP contribution in [0, 0.1) is 12.8 Å². The van der Waals surface area contributed by atoms with Gasteiger partial charge >= 0.3 is 0 Å². The van der Waals surface area contributed by atoms with Gasteiger partial charge in [-0.15, -0.1) is 0 Å². The molecule has 2 N–H and O–H groups in total. The van der Waals surface area contributed by atoms with E-state index in [1.165, 1.54) is 5.56 Å². The summed E-state index contributed by atoms with van der Waals surface area (Å²) in [5, 5.41) is 5.99. The molecule has 164 valence electrons. The lowest BCUT2D eigenvalue weighted by Gasteiger charge is -2.25. The van der Waals surface area contributed by atoms with Crippen LogP contribution in [0.25, 0.3) is 0 Å². The Morgan fingerprint density at radius 3 is 2.59 bits per heavy atom. The van der Waals surface area contributed by atoms with Crippen LogP contribution in [-0.2, 0) is 17.6 Å². The summed E-state index contributed by atoms with van der Waals surface area (Å²) in [4.78, 5) is 25.3. The van der Waals surface area contributed by atoms with Gasteiger partial charge < -0.3 is 15.4 Å². The number of benzene rings is 3. The third kappa shape index (κ3) is 5.35. The van der Waals surface area contributed by atoms with Crippen molar-refractivity contribution in [3.63, 3.8) is 0 Å². The fourth-order valence-corrected chi connectivity index (χ4v) is 3.96. The Kier molecular flexibility index (Phi) is 6.85. The van der Waals surface area contributed by atoms with Crippen LogP contribution in [0.5, 0.6) is 5.75 Å². The van der Waals surface area contributed by atoms with E-state index in [0.29, 0.717) is 30.8 Å². The van der Waals surface area contributed by atoms with Gasteiger partial charge in [-0.1, -0.05) is 48.5 Å². The molecule has 0 aromatic heterocycles. The zero-order valence-electron chi connectivity index (χ0n) is 18.3. The maximum absolute atomic E-state index is 12.6. The Balaban J connectivity index is 1.32. The molecule has 5 nitrogen and oxygen atoms in total. The van der Waals surface area contributed by atoms with Gasteiger partial charge in [0, 0.05) is 17.8 Å². The molecular formula is C27H28N2O3. The van der Waals surface area contributed by atoms with Crippen LogP contribution in [0.4, 0.5) is 5.69 Å². The number of hydrogen-bond acceptors (Lipinski definition) is 3. The molecular weight excluding hydrogens is 400 g/mol. The number of fused-ring (bicyclic) bond motifs is 1. The summed E-state index contributed by atoms with van der Waals surface area (Å²) in [6, 6.07) is 23.4. The monoisotopic (exact) mass is 428 g/mol. The molecule has 3 aromatic rings. The van der Waals surface area contributed by atoms with Gasteiger partial charge in [0.05, 0.1) is 5.92 Å². The molecule has 1 atom stereocenters. The highest BCUT2D eigenvalue weighted by molar-refractivity contribution is 6.05. The number of hydrogen-bond donors (Lipinski definition) is 2. The summed E-state index contributed by atoms with van der Waals surface area (Å²) in [6.07, 6.45) is 2.43. The van der Waals surface area contributed by atoms with Crippen molar-refractivity contribution in [1.82, 2.24) is 5.32 Å². The molecule has 3 aromatic carbocycles. The average Bonchev–Trinajstić information content (AvgIpc) is 2.82.